The molecular formula is C22H26N8O3. The maximum absolute atomic E-state index is 9.72. The standard InChI is InChI=1S/C22H26N8O3/c1-32-10-11-33-19-8-4-17(5-9-19)30-21-20(27-28-30)13-23-22(26-21)25-15-12-24-29(14-15)16-2-6-18(31)7-3-16/h4-5,8-9,12-14,16,18,31H,2-3,6-7,10-11H2,1H3,(H,23,25,26)/t16-,18-. The van der Waals surface area contributed by atoms with E-state index in [1.165, 1.54) is 0 Å². The summed E-state index contributed by atoms with van der Waals surface area (Å²) in [7, 11) is 1.64. The van der Waals surface area contributed by atoms with Crippen molar-refractivity contribution in [2.24, 2.45) is 0 Å². The summed E-state index contributed by atoms with van der Waals surface area (Å²) in [6, 6.07) is 7.85. The predicted molar refractivity (Wildman–Crippen MR) is 121 cm³/mol. The minimum Gasteiger partial charge on any atom is -0.491 e. The Morgan fingerprint density at radius 1 is 1.09 bits per heavy atom. The van der Waals surface area contributed by atoms with Gasteiger partial charge in [0.25, 0.3) is 0 Å². The highest BCUT2D eigenvalue weighted by atomic mass is 16.5. The lowest BCUT2D eigenvalue weighted by Gasteiger charge is -2.25. The van der Waals surface area contributed by atoms with Crippen molar-refractivity contribution in [1.82, 2.24) is 34.7 Å². The van der Waals surface area contributed by atoms with Gasteiger partial charge in [-0.3, -0.25) is 4.68 Å². The quantitative estimate of drug-likeness (QED) is 0.390. The molecule has 3 aromatic heterocycles. The average molecular weight is 451 g/mol. The molecular weight excluding hydrogens is 424 g/mol. The molecule has 172 valence electrons. The number of ether oxygens (including phenoxy) is 2. The molecule has 0 bridgehead atoms. The number of rotatable bonds is 8. The van der Waals surface area contributed by atoms with Crippen LogP contribution in [-0.2, 0) is 4.74 Å². The van der Waals surface area contributed by atoms with Crippen LogP contribution in [0.2, 0.25) is 0 Å². The zero-order chi connectivity index (χ0) is 22.6. The number of methoxy groups -OCH3 is 1. The Bertz CT molecular complexity index is 1200. The van der Waals surface area contributed by atoms with E-state index in [0.29, 0.717) is 36.4 Å². The van der Waals surface area contributed by atoms with E-state index in [1.807, 2.05) is 35.1 Å². The summed E-state index contributed by atoms with van der Waals surface area (Å²) in [6.45, 7) is 1.02. The van der Waals surface area contributed by atoms with Crippen molar-refractivity contribution in [2.45, 2.75) is 37.8 Å². The van der Waals surface area contributed by atoms with Crippen molar-refractivity contribution in [3.8, 4) is 11.4 Å². The first-order valence-corrected chi connectivity index (χ1v) is 11.0. The summed E-state index contributed by atoms with van der Waals surface area (Å²) in [5.74, 6) is 1.19. The van der Waals surface area contributed by atoms with E-state index in [2.05, 4.69) is 30.7 Å². The Balaban J connectivity index is 1.31. The number of aromatic nitrogens is 7. The molecule has 33 heavy (non-hydrogen) atoms. The van der Waals surface area contributed by atoms with E-state index in [9.17, 15) is 5.11 Å². The summed E-state index contributed by atoms with van der Waals surface area (Å²) in [4.78, 5) is 8.98. The first kappa shape index (κ1) is 21.3. The third-order valence-electron chi connectivity index (χ3n) is 5.73. The van der Waals surface area contributed by atoms with E-state index in [0.717, 1.165) is 42.8 Å². The largest absolute Gasteiger partial charge is 0.491 e. The third kappa shape index (κ3) is 4.78. The van der Waals surface area contributed by atoms with Crippen LogP contribution in [0.4, 0.5) is 11.6 Å². The van der Waals surface area contributed by atoms with Gasteiger partial charge in [0.1, 0.15) is 12.4 Å². The van der Waals surface area contributed by atoms with Crippen LogP contribution >= 0.6 is 0 Å². The molecule has 11 heteroatoms. The van der Waals surface area contributed by atoms with Crippen LogP contribution in [0.15, 0.2) is 42.9 Å². The van der Waals surface area contributed by atoms with Crippen LogP contribution < -0.4 is 10.1 Å². The minimum atomic E-state index is -0.188. The number of nitrogens with zero attached hydrogens (tertiary/aromatic N) is 7. The van der Waals surface area contributed by atoms with Crippen LogP contribution in [0, 0.1) is 0 Å². The van der Waals surface area contributed by atoms with E-state index in [-0.39, 0.29) is 6.10 Å². The third-order valence-corrected chi connectivity index (χ3v) is 5.73. The number of anilines is 2. The molecule has 0 atom stereocenters. The van der Waals surface area contributed by atoms with E-state index >= 15 is 0 Å². The van der Waals surface area contributed by atoms with Gasteiger partial charge in [-0.1, -0.05) is 5.21 Å². The fourth-order valence-corrected chi connectivity index (χ4v) is 3.94. The number of benzene rings is 1. The maximum atomic E-state index is 9.72. The van der Waals surface area contributed by atoms with Gasteiger partial charge in [0.2, 0.25) is 5.95 Å². The molecule has 5 rings (SSSR count). The Hall–Kier alpha value is -3.57. The summed E-state index contributed by atoms with van der Waals surface area (Å²) in [5.41, 5.74) is 2.80. The summed E-state index contributed by atoms with van der Waals surface area (Å²) in [6.07, 6.45) is 8.63. The number of fused-ring (bicyclic) bond motifs is 1. The topological polar surface area (TPSA) is 125 Å². The predicted octanol–water partition coefficient (Wildman–Crippen LogP) is 2.65. The number of hydrogen-bond acceptors (Lipinski definition) is 9. The molecule has 0 amide bonds. The monoisotopic (exact) mass is 450 g/mol. The lowest BCUT2D eigenvalue weighted by molar-refractivity contribution is 0.108. The molecule has 4 aromatic rings. The van der Waals surface area contributed by atoms with Gasteiger partial charge >= 0.3 is 0 Å². The fraction of sp³-hybridized carbons (Fsp3) is 0.409. The van der Waals surface area contributed by atoms with Crippen LogP contribution in [-0.4, -0.2) is 66.3 Å². The lowest BCUT2D eigenvalue weighted by atomic mass is 9.93. The molecule has 1 aliphatic carbocycles. The summed E-state index contributed by atoms with van der Waals surface area (Å²) in [5, 5.41) is 25.8. The van der Waals surface area contributed by atoms with Crippen LogP contribution in [0.25, 0.3) is 16.9 Å². The maximum Gasteiger partial charge on any atom is 0.229 e. The van der Waals surface area contributed by atoms with Gasteiger partial charge in [-0.2, -0.15) is 14.8 Å². The fourth-order valence-electron chi connectivity index (χ4n) is 3.94. The molecule has 1 fully saturated rings. The highest BCUT2D eigenvalue weighted by Crippen LogP contribution is 2.29. The van der Waals surface area contributed by atoms with Crippen molar-refractivity contribution in [2.75, 3.05) is 25.6 Å². The summed E-state index contributed by atoms with van der Waals surface area (Å²) < 4.78 is 14.2. The molecule has 0 radical (unpaired) electrons. The Labute approximate surface area is 190 Å². The van der Waals surface area contributed by atoms with Gasteiger partial charge < -0.3 is 19.9 Å². The van der Waals surface area contributed by atoms with Crippen LogP contribution in [0.3, 0.4) is 0 Å². The van der Waals surface area contributed by atoms with E-state index < -0.39 is 0 Å². The van der Waals surface area contributed by atoms with Crippen LogP contribution in [0.1, 0.15) is 31.7 Å². The Kier molecular flexibility index (Phi) is 6.13. The SMILES string of the molecule is COCCOc1ccc(-n2nnc3cnc(Nc4cnn([C@H]5CC[C@H](O)CC5)c4)nc32)cc1. The van der Waals surface area contributed by atoms with Gasteiger partial charge in [-0.15, -0.1) is 5.10 Å². The lowest BCUT2D eigenvalue weighted by Crippen LogP contribution is -2.21. The van der Waals surface area contributed by atoms with Gasteiger partial charge in [0, 0.05) is 13.3 Å². The Morgan fingerprint density at radius 3 is 2.70 bits per heavy atom. The summed E-state index contributed by atoms with van der Waals surface area (Å²) >= 11 is 0. The Morgan fingerprint density at radius 2 is 1.91 bits per heavy atom. The smallest absolute Gasteiger partial charge is 0.229 e. The molecule has 0 spiro atoms. The highest BCUT2D eigenvalue weighted by molar-refractivity contribution is 5.72. The molecule has 11 nitrogen and oxygen atoms in total. The number of nitrogens with one attached hydrogen (secondary N) is 1. The van der Waals surface area contributed by atoms with Gasteiger partial charge in [-0.25, -0.2) is 4.98 Å². The second kappa shape index (κ2) is 9.51. The number of aliphatic hydroxyl groups is 1. The van der Waals surface area contributed by atoms with Crippen LogP contribution in [0.5, 0.6) is 5.75 Å². The molecule has 1 aromatic carbocycles. The molecule has 2 N–H and O–H groups in total. The van der Waals surface area contributed by atoms with E-state index in [1.54, 1.807) is 24.2 Å². The minimum absolute atomic E-state index is 0.188. The first-order chi connectivity index (χ1) is 16.2. The molecule has 1 saturated carbocycles. The second-order valence-electron chi connectivity index (χ2n) is 8.04. The number of hydrogen-bond donors (Lipinski definition) is 2. The molecule has 0 unspecified atom stereocenters. The van der Waals surface area contributed by atoms with Crippen molar-refractivity contribution < 1.29 is 14.6 Å². The molecule has 3 heterocycles. The molecule has 1 aliphatic rings. The van der Waals surface area contributed by atoms with Crippen molar-refractivity contribution >= 4 is 22.8 Å². The van der Waals surface area contributed by atoms with Gasteiger partial charge in [0.05, 0.1) is 42.5 Å². The van der Waals surface area contributed by atoms with Crippen molar-refractivity contribution in [3.63, 3.8) is 0 Å². The van der Waals surface area contributed by atoms with Gasteiger partial charge in [0.15, 0.2) is 11.2 Å². The number of aliphatic hydroxyl groups excluding tert-OH is 1. The van der Waals surface area contributed by atoms with Crippen molar-refractivity contribution in [3.05, 3.63) is 42.9 Å². The first-order valence-electron chi connectivity index (χ1n) is 11.0. The molecule has 0 aliphatic heterocycles. The zero-order valence-corrected chi connectivity index (χ0v) is 18.3. The molecule has 0 saturated heterocycles. The zero-order valence-electron chi connectivity index (χ0n) is 18.3. The van der Waals surface area contributed by atoms with E-state index in [4.69, 9.17) is 9.47 Å². The normalized spacial score (nSPS) is 18.5. The average Bonchev–Trinajstić information content (AvgIpc) is 3.47. The second-order valence-corrected chi connectivity index (χ2v) is 8.04. The highest BCUT2D eigenvalue weighted by Gasteiger charge is 2.21. The van der Waals surface area contributed by atoms with Gasteiger partial charge in [-0.05, 0) is 49.9 Å². The van der Waals surface area contributed by atoms with Crippen molar-refractivity contribution in [1.29, 1.82) is 0 Å².